The minimum absolute atomic E-state index is 0.00347. The van der Waals surface area contributed by atoms with Crippen molar-refractivity contribution in [1.82, 2.24) is 14.5 Å². The second-order valence-corrected chi connectivity index (χ2v) is 9.39. The average Bonchev–Trinajstić information content (AvgIpc) is 3.35. The molecule has 3 aromatic rings. The number of nitrogens with zero attached hydrogens (tertiary/aromatic N) is 3. The Balaban J connectivity index is 1.40. The number of hydrogen-bond donors (Lipinski definition) is 0. The second-order valence-electron chi connectivity index (χ2n) is 9.39. The number of methoxy groups -OCH3 is 1. The predicted octanol–water partition coefficient (Wildman–Crippen LogP) is 6.31. The fraction of sp³-hybridized carbons (Fsp3) is 0.370. The van der Waals surface area contributed by atoms with Crippen molar-refractivity contribution in [2.75, 3.05) is 13.7 Å². The van der Waals surface area contributed by atoms with Gasteiger partial charge in [0.2, 0.25) is 0 Å². The average molecular weight is 450 g/mol. The summed E-state index contributed by atoms with van der Waals surface area (Å²) in [5.74, 6) is 0.0862. The van der Waals surface area contributed by atoms with E-state index in [9.17, 15) is 8.78 Å². The Morgan fingerprint density at radius 1 is 1.18 bits per heavy atom. The molecule has 1 aromatic heterocycles. The van der Waals surface area contributed by atoms with E-state index in [2.05, 4.69) is 34.7 Å². The zero-order valence-electron chi connectivity index (χ0n) is 19.3. The van der Waals surface area contributed by atoms with Crippen LogP contribution < -0.4 is 4.74 Å². The molecule has 0 radical (unpaired) electrons. The van der Waals surface area contributed by atoms with Gasteiger partial charge in [-0.2, -0.15) is 0 Å². The van der Waals surface area contributed by atoms with Crippen LogP contribution in [0.1, 0.15) is 55.0 Å². The number of aryl methyl sites for hydroxylation is 1. The molecule has 1 aliphatic carbocycles. The summed E-state index contributed by atoms with van der Waals surface area (Å²) in [7, 11) is 1.69. The quantitative estimate of drug-likeness (QED) is 0.457. The molecule has 5 rings (SSSR count). The molecule has 1 spiro atoms. The first-order chi connectivity index (χ1) is 15.8. The molecule has 3 unspecified atom stereocenters. The van der Waals surface area contributed by atoms with E-state index in [4.69, 9.17) is 4.74 Å². The van der Waals surface area contributed by atoms with Crippen LogP contribution in [0.25, 0.3) is 5.69 Å². The molecule has 3 atom stereocenters. The smallest absolute Gasteiger partial charge is 0.143 e. The van der Waals surface area contributed by atoms with Gasteiger partial charge in [-0.3, -0.25) is 0 Å². The maximum Gasteiger partial charge on any atom is 0.143 e. The molecule has 1 aliphatic heterocycles. The van der Waals surface area contributed by atoms with Gasteiger partial charge in [0.05, 0.1) is 30.9 Å². The molecule has 0 N–H and O–H groups in total. The third-order valence-corrected chi connectivity index (χ3v) is 7.45. The number of aromatic nitrogens is 2. The Bertz CT molecular complexity index is 1200. The Hall–Kier alpha value is -3.15. The summed E-state index contributed by atoms with van der Waals surface area (Å²) in [6.45, 7) is 9.29. The molecule has 6 heteroatoms. The van der Waals surface area contributed by atoms with Crippen molar-refractivity contribution < 1.29 is 13.5 Å². The third-order valence-electron chi connectivity index (χ3n) is 7.45. The summed E-state index contributed by atoms with van der Waals surface area (Å²) in [5, 5.41) is 0. The van der Waals surface area contributed by atoms with E-state index >= 15 is 0 Å². The Kier molecular flexibility index (Phi) is 5.26. The first-order valence-corrected chi connectivity index (χ1v) is 11.4. The fourth-order valence-electron chi connectivity index (χ4n) is 5.57. The van der Waals surface area contributed by atoms with Crippen LogP contribution in [0, 0.1) is 24.0 Å². The van der Waals surface area contributed by atoms with E-state index in [0.29, 0.717) is 11.5 Å². The van der Waals surface area contributed by atoms with Gasteiger partial charge in [0.25, 0.3) is 0 Å². The zero-order valence-corrected chi connectivity index (χ0v) is 19.3. The van der Waals surface area contributed by atoms with Gasteiger partial charge < -0.3 is 14.2 Å². The summed E-state index contributed by atoms with van der Waals surface area (Å²) < 4.78 is 35.4. The third kappa shape index (κ3) is 3.71. The van der Waals surface area contributed by atoms with E-state index in [0.717, 1.165) is 54.7 Å². The molecule has 2 heterocycles. The van der Waals surface area contributed by atoms with Gasteiger partial charge in [0, 0.05) is 29.9 Å². The Labute approximate surface area is 193 Å². The molecule has 4 nitrogen and oxygen atoms in total. The first kappa shape index (κ1) is 21.7. The van der Waals surface area contributed by atoms with Crippen LogP contribution in [0.2, 0.25) is 0 Å². The number of rotatable bonds is 5. The van der Waals surface area contributed by atoms with E-state index in [1.807, 2.05) is 24.6 Å². The highest BCUT2D eigenvalue weighted by Gasteiger charge is 2.59. The minimum Gasteiger partial charge on any atom is -0.495 e. The fourth-order valence-corrected chi connectivity index (χ4v) is 5.57. The number of benzene rings is 2. The first-order valence-electron chi connectivity index (χ1n) is 11.4. The lowest BCUT2D eigenvalue weighted by atomic mass is 9.85. The van der Waals surface area contributed by atoms with E-state index < -0.39 is 11.6 Å². The van der Waals surface area contributed by atoms with Gasteiger partial charge in [-0.05, 0) is 74.4 Å². The van der Waals surface area contributed by atoms with Crippen LogP contribution >= 0.6 is 0 Å². The molecule has 1 saturated carbocycles. The largest absolute Gasteiger partial charge is 0.495 e. The van der Waals surface area contributed by atoms with Gasteiger partial charge >= 0.3 is 0 Å². The number of ether oxygens (including phenoxy) is 1. The highest BCUT2D eigenvalue weighted by molar-refractivity contribution is 5.52. The number of piperidine rings is 1. The Morgan fingerprint density at radius 2 is 1.94 bits per heavy atom. The lowest BCUT2D eigenvalue weighted by Gasteiger charge is -2.42. The highest BCUT2D eigenvalue weighted by atomic mass is 19.1. The van der Waals surface area contributed by atoms with Crippen LogP contribution in [0.4, 0.5) is 8.78 Å². The maximum atomic E-state index is 13.8. The van der Waals surface area contributed by atoms with Crippen molar-refractivity contribution in [2.45, 2.75) is 45.1 Å². The van der Waals surface area contributed by atoms with E-state index in [1.165, 1.54) is 17.7 Å². The molecule has 0 bridgehead atoms. The van der Waals surface area contributed by atoms with E-state index in [-0.39, 0.29) is 11.5 Å². The normalized spacial score (nSPS) is 23.1. The zero-order chi connectivity index (χ0) is 23.3. The molecule has 0 amide bonds. The highest BCUT2D eigenvalue weighted by Crippen LogP contribution is 2.68. The molecule has 1 saturated heterocycles. The van der Waals surface area contributed by atoms with Crippen molar-refractivity contribution in [3.05, 3.63) is 89.7 Å². The summed E-state index contributed by atoms with van der Waals surface area (Å²) in [6.07, 6.45) is 6.90. The number of hydrogen-bond acceptors (Lipinski definition) is 3. The number of allylic oxidation sites excluding steroid dienone is 1. The maximum absolute atomic E-state index is 13.8. The lowest BCUT2D eigenvalue weighted by Crippen LogP contribution is -2.36. The van der Waals surface area contributed by atoms with Gasteiger partial charge in [0.1, 0.15) is 17.4 Å². The molecule has 2 fully saturated rings. The lowest BCUT2D eigenvalue weighted by molar-refractivity contribution is 0.181. The van der Waals surface area contributed by atoms with Gasteiger partial charge in [-0.1, -0.05) is 12.6 Å². The summed E-state index contributed by atoms with van der Waals surface area (Å²) in [6, 6.07) is 10.0. The van der Waals surface area contributed by atoms with Crippen LogP contribution in [0.15, 0.2) is 61.2 Å². The van der Waals surface area contributed by atoms with E-state index in [1.54, 1.807) is 13.4 Å². The number of halogens is 2. The van der Waals surface area contributed by atoms with Gasteiger partial charge in [0.15, 0.2) is 0 Å². The Morgan fingerprint density at radius 3 is 2.61 bits per heavy atom. The van der Waals surface area contributed by atoms with Crippen molar-refractivity contribution in [1.29, 1.82) is 0 Å². The number of imidazole rings is 1. The molecule has 33 heavy (non-hydrogen) atoms. The minimum atomic E-state index is -0.543. The van der Waals surface area contributed by atoms with Crippen LogP contribution in [-0.4, -0.2) is 28.1 Å². The predicted molar refractivity (Wildman–Crippen MR) is 124 cm³/mol. The van der Waals surface area contributed by atoms with Gasteiger partial charge in [-0.25, -0.2) is 13.8 Å². The summed E-state index contributed by atoms with van der Waals surface area (Å²) in [5.41, 5.74) is 4.86. The van der Waals surface area contributed by atoms with Crippen LogP contribution in [-0.2, 0) is 0 Å². The van der Waals surface area contributed by atoms with Crippen LogP contribution in [0.5, 0.6) is 5.75 Å². The second kappa shape index (κ2) is 8.01. The molecular formula is C27H29F2N3O. The summed E-state index contributed by atoms with van der Waals surface area (Å²) >= 11 is 0. The molecule has 2 aliphatic rings. The summed E-state index contributed by atoms with van der Waals surface area (Å²) in [4.78, 5) is 6.55. The van der Waals surface area contributed by atoms with Crippen molar-refractivity contribution in [3.63, 3.8) is 0 Å². The van der Waals surface area contributed by atoms with Crippen molar-refractivity contribution in [3.8, 4) is 11.4 Å². The monoisotopic (exact) mass is 449 g/mol. The SMILES string of the molecule is C=C1N(C(C)c2cc(F)cc(F)c2)CCCC12CC2c1ccc(-n2cnc(C)c2)c(OC)c1. The molecular weight excluding hydrogens is 420 g/mol. The molecule has 172 valence electrons. The topological polar surface area (TPSA) is 30.3 Å². The van der Waals surface area contributed by atoms with Gasteiger partial charge in [-0.15, -0.1) is 0 Å². The number of likely N-dealkylation sites (tertiary alicyclic amines) is 1. The van der Waals surface area contributed by atoms with Crippen molar-refractivity contribution >= 4 is 0 Å². The van der Waals surface area contributed by atoms with Crippen LogP contribution in [0.3, 0.4) is 0 Å². The van der Waals surface area contributed by atoms with Crippen molar-refractivity contribution in [2.24, 2.45) is 5.41 Å². The molecule has 2 aromatic carbocycles. The standard InChI is InChI=1S/C27H29F2N3O/c1-17-15-31(16-30-17)25-7-6-20(12-26(25)33-4)24-14-27(24)8-5-9-32(19(27)3)18(2)21-10-22(28)13-23(29)11-21/h6-7,10-13,15-16,18,24H,3,5,8-9,14H2,1-2,4H3.